The van der Waals surface area contributed by atoms with Gasteiger partial charge in [-0.05, 0) is 62.1 Å². The number of benzene rings is 2. The molecular weight excluding hydrogens is 747 g/mol. The van der Waals surface area contributed by atoms with E-state index in [-0.39, 0.29) is 35.6 Å². The lowest BCUT2D eigenvalue weighted by Gasteiger charge is -2.25. The van der Waals surface area contributed by atoms with Gasteiger partial charge >= 0.3 is 18.0 Å². The van der Waals surface area contributed by atoms with Crippen molar-refractivity contribution in [2.75, 3.05) is 24.2 Å². The molecule has 302 valence electrons. The summed E-state index contributed by atoms with van der Waals surface area (Å²) in [6, 6.07) is 11.6. The molecule has 0 unspecified atom stereocenters. The third-order valence-corrected chi connectivity index (χ3v) is 10.9. The van der Waals surface area contributed by atoms with E-state index in [1.165, 1.54) is 98.6 Å². The highest BCUT2D eigenvalue weighted by Crippen LogP contribution is 2.24. The smallest absolute Gasteiger partial charge is 0.322 e. The van der Waals surface area contributed by atoms with E-state index in [1.54, 1.807) is 30.4 Å². The van der Waals surface area contributed by atoms with Gasteiger partial charge in [0.1, 0.15) is 12.6 Å². The number of sulfonamides is 1. The maximum atomic E-state index is 13.3. The zero-order valence-corrected chi connectivity index (χ0v) is 33.2. The van der Waals surface area contributed by atoms with Crippen LogP contribution in [0.1, 0.15) is 84.0 Å². The second kappa shape index (κ2) is 26.3. The summed E-state index contributed by atoms with van der Waals surface area (Å²) in [5.41, 5.74) is 0.580. The summed E-state index contributed by atoms with van der Waals surface area (Å²) < 4.78 is 28.3. The van der Waals surface area contributed by atoms with Crippen LogP contribution in [-0.2, 0) is 24.4 Å². The molecular formula is C39H55N5O9S2. The van der Waals surface area contributed by atoms with E-state index in [0.29, 0.717) is 5.69 Å². The molecule has 2 aromatic rings. The molecule has 55 heavy (non-hydrogen) atoms. The van der Waals surface area contributed by atoms with Gasteiger partial charge in [-0.1, -0.05) is 98.9 Å². The van der Waals surface area contributed by atoms with Gasteiger partial charge < -0.3 is 26.0 Å². The number of nitrogens with zero attached hydrogens (tertiary/aromatic N) is 3. The van der Waals surface area contributed by atoms with Gasteiger partial charge in [-0.15, -0.1) is 16.9 Å². The van der Waals surface area contributed by atoms with E-state index in [0.717, 1.165) is 19.3 Å². The Bertz CT molecular complexity index is 1670. The van der Waals surface area contributed by atoms with E-state index in [4.69, 9.17) is 10.2 Å². The molecule has 0 radical (unpaired) electrons. The molecule has 16 heteroatoms. The van der Waals surface area contributed by atoms with Crippen LogP contribution in [0.15, 0.2) is 93.4 Å². The maximum absolute atomic E-state index is 13.3. The monoisotopic (exact) mass is 801 g/mol. The van der Waals surface area contributed by atoms with Gasteiger partial charge in [-0.25, -0.2) is 4.79 Å². The van der Waals surface area contributed by atoms with Crippen LogP contribution in [0.4, 0.5) is 16.2 Å². The summed E-state index contributed by atoms with van der Waals surface area (Å²) in [4.78, 5) is 49.9. The number of unbranched alkanes of at least 4 members (excludes halogenated alkanes) is 8. The molecule has 0 aromatic heterocycles. The minimum absolute atomic E-state index is 0.0110. The third kappa shape index (κ3) is 19.6. The molecule has 5 N–H and O–H groups in total. The topological polar surface area (TPSA) is 215 Å². The largest absolute Gasteiger partial charge is 0.481 e. The van der Waals surface area contributed by atoms with Crippen molar-refractivity contribution in [3.63, 3.8) is 0 Å². The Hall–Kier alpha value is -4.54. The summed E-state index contributed by atoms with van der Waals surface area (Å²) in [6.07, 6.45) is 17.6. The van der Waals surface area contributed by atoms with Crippen LogP contribution in [0, 0.1) is 0 Å². The van der Waals surface area contributed by atoms with Crippen LogP contribution in [0.5, 0.6) is 0 Å². The fourth-order valence-corrected chi connectivity index (χ4v) is 7.20. The first-order valence-electron chi connectivity index (χ1n) is 18.6. The Kier molecular flexibility index (Phi) is 22.3. The molecule has 0 spiro atoms. The summed E-state index contributed by atoms with van der Waals surface area (Å²) in [5.74, 6) is -3.05. The number of hydrogen-bond donors (Lipinski definition) is 5. The standard InChI is InChI=1S/C39H55N5O9S2/c1-3-4-5-6-7-8-9-10-11-12-13-17-22-35(34(45)21-18-23-36(46)47)54-29-33(38(50)40-28-37(48)49)41-39(51)44(2)31-26-24-30(25-27-31)42-43-55(52,53)32-19-15-14-16-20-32/h12-17,19-20,22,24-27,33-35,45H,3-11,18,21,23,28-29H2,1-2H3,(H,40,50)(H,41,51)(H,46,47)(H,48,49)/b13-12+,22-17-,43-42?/t33-,34-,35+/m0/s1. The average molecular weight is 802 g/mol. The predicted octanol–water partition coefficient (Wildman–Crippen LogP) is 7.24. The molecule has 0 heterocycles. The number of urea groups is 1. The summed E-state index contributed by atoms with van der Waals surface area (Å²) in [5, 5.41) is 37.3. The van der Waals surface area contributed by atoms with Crippen LogP contribution >= 0.6 is 11.8 Å². The van der Waals surface area contributed by atoms with Gasteiger partial charge in [-0.3, -0.25) is 19.3 Å². The zero-order valence-electron chi connectivity index (χ0n) is 31.6. The molecule has 3 amide bonds. The van der Waals surface area contributed by atoms with Crippen molar-refractivity contribution < 1.29 is 42.9 Å². The number of rotatable bonds is 27. The van der Waals surface area contributed by atoms with Crippen molar-refractivity contribution in [2.24, 2.45) is 9.63 Å². The molecule has 2 aromatic carbocycles. The Morgan fingerprint density at radius 3 is 2.16 bits per heavy atom. The van der Waals surface area contributed by atoms with Crippen LogP contribution in [-0.4, -0.2) is 84.4 Å². The number of carboxylic acid groups (broad SMARTS) is 2. The van der Waals surface area contributed by atoms with Gasteiger partial charge in [0.25, 0.3) is 10.0 Å². The average Bonchev–Trinajstić information content (AvgIpc) is 3.17. The number of carboxylic acids is 2. The number of carbonyl (C=O) groups excluding carboxylic acids is 2. The lowest BCUT2D eigenvalue weighted by Crippen LogP contribution is -2.52. The van der Waals surface area contributed by atoms with Crippen molar-refractivity contribution in [2.45, 2.75) is 106 Å². The molecule has 0 saturated carbocycles. The minimum Gasteiger partial charge on any atom is -0.481 e. The Morgan fingerprint density at radius 1 is 0.873 bits per heavy atom. The third-order valence-electron chi connectivity index (χ3n) is 8.37. The van der Waals surface area contributed by atoms with E-state index >= 15 is 0 Å². The molecule has 0 aliphatic carbocycles. The van der Waals surface area contributed by atoms with Crippen molar-refractivity contribution >= 4 is 57.0 Å². The van der Waals surface area contributed by atoms with Gasteiger partial charge in [-0.2, -0.15) is 8.42 Å². The van der Waals surface area contributed by atoms with E-state index in [2.05, 4.69) is 27.2 Å². The zero-order chi connectivity index (χ0) is 40.5. The molecule has 2 rings (SSSR count). The van der Waals surface area contributed by atoms with Gasteiger partial charge in [0.15, 0.2) is 0 Å². The lowest BCUT2D eigenvalue weighted by molar-refractivity contribution is -0.138. The molecule has 0 bridgehead atoms. The molecule has 0 aliphatic heterocycles. The molecule has 0 fully saturated rings. The second-order valence-corrected chi connectivity index (χ2v) is 15.7. The molecule has 14 nitrogen and oxygen atoms in total. The summed E-state index contributed by atoms with van der Waals surface area (Å²) in [7, 11) is -2.56. The van der Waals surface area contributed by atoms with Crippen LogP contribution in [0.2, 0.25) is 0 Å². The number of aliphatic carboxylic acids is 2. The van der Waals surface area contributed by atoms with E-state index < -0.39 is 57.8 Å². The number of anilines is 1. The number of allylic oxidation sites excluding steroid dienone is 3. The number of nitrogens with one attached hydrogen (secondary N) is 2. The summed E-state index contributed by atoms with van der Waals surface area (Å²) >= 11 is 1.17. The van der Waals surface area contributed by atoms with Crippen LogP contribution in [0.25, 0.3) is 0 Å². The van der Waals surface area contributed by atoms with Crippen LogP contribution < -0.4 is 15.5 Å². The first-order valence-corrected chi connectivity index (χ1v) is 21.0. The number of amides is 3. The summed E-state index contributed by atoms with van der Waals surface area (Å²) in [6.45, 7) is 1.53. The maximum Gasteiger partial charge on any atom is 0.322 e. The van der Waals surface area contributed by atoms with Crippen molar-refractivity contribution in [1.29, 1.82) is 0 Å². The quantitative estimate of drug-likeness (QED) is 0.0347. The first kappa shape index (κ1) is 46.6. The van der Waals surface area contributed by atoms with Gasteiger partial charge in [0.2, 0.25) is 5.91 Å². The number of aliphatic hydroxyl groups is 1. The highest BCUT2D eigenvalue weighted by atomic mass is 32.2. The number of thioether (sulfide) groups is 1. The predicted molar refractivity (Wildman–Crippen MR) is 215 cm³/mol. The second-order valence-electron chi connectivity index (χ2n) is 12.9. The fraction of sp³-hybridized carbons (Fsp3) is 0.487. The minimum atomic E-state index is -4.01. The van der Waals surface area contributed by atoms with Crippen LogP contribution in [0.3, 0.4) is 0 Å². The lowest BCUT2D eigenvalue weighted by atomic mass is 10.1. The van der Waals surface area contributed by atoms with Crippen molar-refractivity contribution in [3.8, 4) is 0 Å². The molecule has 0 aliphatic rings. The van der Waals surface area contributed by atoms with E-state index in [9.17, 15) is 32.7 Å². The Labute approximate surface area is 328 Å². The number of carbonyl (C=O) groups is 4. The normalized spacial score (nSPS) is 13.5. The Balaban J connectivity index is 2.10. The molecule has 0 saturated heterocycles. The number of aliphatic hydroxyl groups excluding tert-OH is 1. The van der Waals surface area contributed by atoms with Gasteiger partial charge in [0.05, 0.1) is 16.7 Å². The van der Waals surface area contributed by atoms with Crippen molar-refractivity contribution in [1.82, 2.24) is 10.6 Å². The van der Waals surface area contributed by atoms with E-state index in [1.807, 2.05) is 12.2 Å². The number of hydrogen-bond acceptors (Lipinski definition) is 9. The highest BCUT2D eigenvalue weighted by Gasteiger charge is 2.26. The Morgan fingerprint density at radius 2 is 1.53 bits per heavy atom. The fourth-order valence-electron chi connectivity index (χ4n) is 5.19. The van der Waals surface area contributed by atoms with Crippen molar-refractivity contribution in [3.05, 3.63) is 78.9 Å². The molecule has 3 atom stereocenters. The highest BCUT2D eigenvalue weighted by molar-refractivity contribution is 8.00. The SMILES string of the molecule is CCCCCCCCCC/C=C/C=C\[C@@H](SC[C@H](NC(=O)N(C)c1ccc(N=NS(=O)(=O)c2ccccc2)cc1)C(=O)NCC(=O)O)[C@@H](O)CCCC(=O)O. The van der Waals surface area contributed by atoms with Gasteiger partial charge in [0, 0.05) is 30.2 Å². The first-order chi connectivity index (χ1) is 26.3.